The number of unbranched alkanes of at least 4 members (excludes halogenated alkanes) is 3. The molecule has 1 aromatic carbocycles. The smallest absolute Gasteiger partial charge is 0.417 e. The van der Waals surface area contributed by atoms with Gasteiger partial charge in [-0.1, -0.05) is 50.1 Å². The van der Waals surface area contributed by atoms with E-state index >= 15 is 0 Å². The molecular weight excluding hydrogens is 482 g/mol. The van der Waals surface area contributed by atoms with Crippen LogP contribution in [0.3, 0.4) is 0 Å². The number of aliphatic hydroxyl groups is 2. The van der Waals surface area contributed by atoms with Crippen molar-refractivity contribution in [2.45, 2.75) is 57.0 Å². The highest BCUT2D eigenvalue weighted by molar-refractivity contribution is 9.11. The van der Waals surface area contributed by atoms with E-state index in [-0.39, 0.29) is 24.1 Å². The molecule has 9 heteroatoms. The minimum Gasteiger partial charge on any atom is -0.446 e. The van der Waals surface area contributed by atoms with Gasteiger partial charge in [-0.05, 0) is 40.4 Å². The lowest BCUT2D eigenvalue weighted by Gasteiger charge is -2.37. The molecule has 0 saturated carbocycles. The minimum absolute atomic E-state index is 0.0318. The summed E-state index contributed by atoms with van der Waals surface area (Å²) in [5.41, 5.74) is 0.747. The van der Waals surface area contributed by atoms with Gasteiger partial charge in [0.1, 0.15) is 18.8 Å². The Hall–Kier alpha value is -2.07. The van der Waals surface area contributed by atoms with Gasteiger partial charge in [0.15, 0.2) is 11.6 Å². The molecule has 2 aliphatic heterocycles. The number of nitrogens with zero attached hydrogens (tertiary/aromatic N) is 1. The van der Waals surface area contributed by atoms with E-state index in [1.165, 1.54) is 13.0 Å². The molecule has 3 rings (SSSR count). The van der Waals surface area contributed by atoms with E-state index in [1.807, 2.05) is 6.07 Å². The van der Waals surface area contributed by atoms with Crippen molar-refractivity contribution in [2.75, 3.05) is 13.2 Å². The lowest BCUT2D eigenvalue weighted by molar-refractivity contribution is -0.217. The maximum absolute atomic E-state index is 13.3. The number of ketones is 1. The molecule has 2 heterocycles. The van der Waals surface area contributed by atoms with Crippen LogP contribution in [0.1, 0.15) is 50.6 Å². The van der Waals surface area contributed by atoms with Crippen LogP contribution in [-0.2, 0) is 19.1 Å². The number of hydrogen-bond acceptors (Lipinski definition) is 7. The van der Waals surface area contributed by atoms with Gasteiger partial charge >= 0.3 is 6.09 Å². The number of carbonyl (C=O) groups excluding carboxylic acids is 3. The minimum atomic E-state index is -1.74. The van der Waals surface area contributed by atoms with E-state index in [0.29, 0.717) is 12.8 Å². The molecule has 2 aliphatic rings. The Kier molecular flexibility index (Phi) is 8.21. The molecule has 0 bridgehead atoms. The molecule has 0 unspecified atom stereocenters. The summed E-state index contributed by atoms with van der Waals surface area (Å²) in [6.45, 7) is 1.65. The highest BCUT2D eigenvalue weighted by Gasteiger charge is 2.48. The molecule has 1 fully saturated rings. The molecule has 0 aliphatic carbocycles. The predicted octanol–water partition coefficient (Wildman–Crippen LogP) is 3.22. The van der Waals surface area contributed by atoms with E-state index in [2.05, 4.69) is 15.9 Å². The molecule has 2 amide bonds. The molecule has 2 N–H and O–H groups in total. The van der Waals surface area contributed by atoms with Crippen LogP contribution in [0.4, 0.5) is 4.79 Å². The van der Waals surface area contributed by atoms with Crippen molar-refractivity contribution in [3.05, 3.63) is 46.5 Å². The van der Waals surface area contributed by atoms with E-state index in [0.717, 1.165) is 23.3 Å². The Morgan fingerprint density at radius 1 is 1.22 bits per heavy atom. The second-order valence-corrected chi connectivity index (χ2v) is 8.96. The normalized spacial score (nSPS) is 26.6. The number of halogens is 1. The van der Waals surface area contributed by atoms with Gasteiger partial charge in [0.05, 0.1) is 10.4 Å². The first-order chi connectivity index (χ1) is 15.3. The quantitative estimate of drug-likeness (QED) is 0.491. The summed E-state index contributed by atoms with van der Waals surface area (Å²) >= 11 is 3.22. The fraction of sp³-hybridized carbons (Fsp3) is 0.522. The second-order valence-electron chi connectivity index (χ2n) is 8.11. The Balaban J connectivity index is 1.74. The first-order valence-corrected chi connectivity index (χ1v) is 11.5. The SMILES string of the molecule is C[C@@H](C(=O)N1C(=O)OC[C@H]1c1ccccc1)[C@@H]1O[C@@](O)(CCCCCCO)C(Br)=CC1=O. The van der Waals surface area contributed by atoms with Gasteiger partial charge in [0, 0.05) is 13.0 Å². The van der Waals surface area contributed by atoms with Crippen LogP contribution in [-0.4, -0.2) is 58.0 Å². The maximum Gasteiger partial charge on any atom is 0.417 e. The number of rotatable bonds is 9. The van der Waals surface area contributed by atoms with Gasteiger partial charge in [0.25, 0.3) is 0 Å². The maximum atomic E-state index is 13.3. The number of carbonyl (C=O) groups is 3. The third kappa shape index (κ3) is 5.28. The van der Waals surface area contributed by atoms with Crippen molar-refractivity contribution in [1.29, 1.82) is 0 Å². The molecule has 0 radical (unpaired) electrons. The van der Waals surface area contributed by atoms with Gasteiger partial charge in [0.2, 0.25) is 5.91 Å². The summed E-state index contributed by atoms with van der Waals surface area (Å²) < 4.78 is 11.1. The van der Waals surface area contributed by atoms with Crippen LogP contribution in [0.5, 0.6) is 0 Å². The zero-order valence-corrected chi connectivity index (χ0v) is 19.5. The van der Waals surface area contributed by atoms with Gasteiger partial charge in [-0.15, -0.1) is 0 Å². The number of ether oxygens (including phenoxy) is 2. The van der Waals surface area contributed by atoms with E-state index in [9.17, 15) is 19.5 Å². The summed E-state index contributed by atoms with van der Waals surface area (Å²) in [7, 11) is 0. The summed E-state index contributed by atoms with van der Waals surface area (Å²) in [6.07, 6.45) is 2.32. The molecule has 1 saturated heterocycles. The second kappa shape index (κ2) is 10.7. The summed E-state index contributed by atoms with van der Waals surface area (Å²) in [4.78, 5) is 39.3. The number of imide groups is 1. The average Bonchev–Trinajstić information content (AvgIpc) is 3.17. The number of benzene rings is 1. The van der Waals surface area contributed by atoms with E-state index in [1.54, 1.807) is 24.3 Å². The standard InChI is InChI=1S/C23H28BrNO7/c1-15(21(28)25-17(14-31-22(25)29)16-9-5-4-6-10-16)20-18(27)13-19(24)23(30,32-20)11-7-2-3-8-12-26/h4-6,9-10,13,15,17,20,26,30H,2-3,7-8,11-12,14H2,1H3/t15-,17+,20+,23+/m1/s1. The molecule has 1 aromatic rings. The summed E-state index contributed by atoms with van der Waals surface area (Å²) in [6, 6.07) is 8.45. The van der Waals surface area contributed by atoms with Crippen LogP contribution in [0.15, 0.2) is 40.9 Å². The number of amides is 2. The van der Waals surface area contributed by atoms with Crippen LogP contribution in [0.2, 0.25) is 0 Å². The molecule has 32 heavy (non-hydrogen) atoms. The molecular formula is C23H28BrNO7. The van der Waals surface area contributed by atoms with Crippen LogP contribution < -0.4 is 0 Å². The van der Waals surface area contributed by atoms with Crippen molar-refractivity contribution < 1.29 is 34.1 Å². The van der Waals surface area contributed by atoms with E-state index in [4.69, 9.17) is 14.6 Å². The first-order valence-electron chi connectivity index (χ1n) is 10.8. The Labute approximate surface area is 195 Å². The number of hydrogen-bond donors (Lipinski definition) is 2. The highest BCUT2D eigenvalue weighted by atomic mass is 79.9. The average molecular weight is 510 g/mol. The zero-order valence-electron chi connectivity index (χ0n) is 17.9. The fourth-order valence-electron chi connectivity index (χ4n) is 3.94. The molecule has 4 atom stereocenters. The Morgan fingerprint density at radius 3 is 2.59 bits per heavy atom. The Bertz CT molecular complexity index is 874. The van der Waals surface area contributed by atoms with Crippen molar-refractivity contribution in [3.8, 4) is 0 Å². The molecule has 0 aromatic heterocycles. The molecule has 0 spiro atoms. The largest absolute Gasteiger partial charge is 0.446 e. The van der Waals surface area contributed by atoms with E-state index < -0.39 is 41.6 Å². The lowest BCUT2D eigenvalue weighted by Crippen LogP contribution is -2.51. The number of aliphatic hydroxyl groups excluding tert-OH is 1. The van der Waals surface area contributed by atoms with Crippen molar-refractivity contribution >= 4 is 33.7 Å². The van der Waals surface area contributed by atoms with Crippen LogP contribution in [0.25, 0.3) is 0 Å². The third-order valence-corrected chi connectivity index (χ3v) is 6.66. The van der Waals surface area contributed by atoms with Gasteiger partial charge < -0.3 is 19.7 Å². The van der Waals surface area contributed by atoms with Gasteiger partial charge in [-0.3, -0.25) is 9.59 Å². The van der Waals surface area contributed by atoms with Crippen LogP contribution >= 0.6 is 15.9 Å². The molecule has 174 valence electrons. The molecule has 8 nitrogen and oxygen atoms in total. The fourth-order valence-corrected chi connectivity index (χ4v) is 4.45. The van der Waals surface area contributed by atoms with Crippen molar-refractivity contribution in [3.63, 3.8) is 0 Å². The highest BCUT2D eigenvalue weighted by Crippen LogP contribution is 2.38. The third-order valence-electron chi connectivity index (χ3n) is 5.81. The zero-order chi connectivity index (χ0) is 23.3. The summed E-state index contributed by atoms with van der Waals surface area (Å²) in [5.74, 6) is -3.82. The number of cyclic esters (lactones) is 1. The first kappa shape index (κ1) is 24.6. The lowest BCUT2D eigenvalue weighted by atomic mass is 9.93. The van der Waals surface area contributed by atoms with Gasteiger partial charge in [-0.25, -0.2) is 9.69 Å². The topological polar surface area (TPSA) is 113 Å². The monoisotopic (exact) mass is 509 g/mol. The Morgan fingerprint density at radius 2 is 1.91 bits per heavy atom. The summed E-state index contributed by atoms with van der Waals surface area (Å²) in [5, 5.41) is 19.9. The van der Waals surface area contributed by atoms with Crippen LogP contribution in [0, 0.1) is 5.92 Å². The predicted molar refractivity (Wildman–Crippen MR) is 119 cm³/mol. The van der Waals surface area contributed by atoms with Crippen molar-refractivity contribution in [1.82, 2.24) is 4.90 Å². The van der Waals surface area contributed by atoms with Gasteiger partial charge in [-0.2, -0.15) is 0 Å². The van der Waals surface area contributed by atoms with Crippen molar-refractivity contribution in [2.24, 2.45) is 5.92 Å².